The lowest BCUT2D eigenvalue weighted by molar-refractivity contribution is 0.266. The average molecular weight is 287 g/mol. The molecule has 5 heteroatoms. The van der Waals surface area contributed by atoms with E-state index >= 15 is 0 Å². The predicted molar refractivity (Wildman–Crippen MR) is 78.8 cm³/mol. The van der Waals surface area contributed by atoms with Crippen LogP contribution in [0.2, 0.25) is 0 Å². The molecule has 1 fully saturated rings. The van der Waals surface area contributed by atoms with Gasteiger partial charge in [-0.3, -0.25) is 0 Å². The summed E-state index contributed by atoms with van der Waals surface area (Å²) in [6, 6.07) is 9.65. The molecule has 5 nitrogen and oxygen atoms in total. The highest BCUT2D eigenvalue weighted by Gasteiger charge is 2.25. The molecule has 0 radical (unpaired) electrons. The monoisotopic (exact) mass is 287 g/mol. The normalized spacial score (nSPS) is 22.1. The highest BCUT2D eigenvalue weighted by atomic mass is 16.5. The molecule has 0 atom stereocenters. The van der Waals surface area contributed by atoms with E-state index in [0.717, 1.165) is 43.9 Å². The van der Waals surface area contributed by atoms with Crippen LogP contribution in [-0.4, -0.2) is 16.7 Å². The predicted octanol–water partition coefficient (Wildman–Crippen LogP) is 2.88. The zero-order valence-electron chi connectivity index (χ0n) is 12.1. The van der Waals surface area contributed by atoms with Crippen LogP contribution in [0.15, 0.2) is 34.9 Å². The Morgan fingerprint density at radius 3 is 2.62 bits per heavy atom. The molecule has 1 aliphatic rings. The van der Waals surface area contributed by atoms with Gasteiger partial charge in [0.05, 0.1) is 0 Å². The maximum Gasteiger partial charge on any atom is 0.229 e. The smallest absolute Gasteiger partial charge is 0.229 e. The van der Waals surface area contributed by atoms with E-state index in [1.165, 1.54) is 0 Å². The van der Waals surface area contributed by atoms with Crippen molar-refractivity contribution in [1.29, 1.82) is 0 Å². The molecule has 0 unspecified atom stereocenters. The summed E-state index contributed by atoms with van der Waals surface area (Å²) in [6.07, 6.45) is 4.48. The standard InChI is InChI=1S/C16H21N3O2/c17-10-12-6-8-13(9-7-12)16-18-15(19-21-16)11-20-14-4-2-1-3-5-14/h1-5,12-13H,6-11,17H2. The van der Waals surface area contributed by atoms with Gasteiger partial charge in [-0.1, -0.05) is 23.4 Å². The van der Waals surface area contributed by atoms with Gasteiger partial charge >= 0.3 is 0 Å². The number of aromatic nitrogens is 2. The van der Waals surface area contributed by atoms with Crippen LogP contribution in [0.1, 0.15) is 43.3 Å². The average Bonchev–Trinajstić information content (AvgIpc) is 3.03. The quantitative estimate of drug-likeness (QED) is 0.915. The molecule has 21 heavy (non-hydrogen) atoms. The van der Waals surface area contributed by atoms with Crippen LogP contribution >= 0.6 is 0 Å². The van der Waals surface area contributed by atoms with Gasteiger partial charge in [0, 0.05) is 5.92 Å². The third-order valence-corrected chi connectivity index (χ3v) is 4.12. The number of para-hydroxylation sites is 1. The summed E-state index contributed by atoms with van der Waals surface area (Å²) < 4.78 is 11.0. The maximum absolute atomic E-state index is 5.72. The van der Waals surface area contributed by atoms with Gasteiger partial charge in [0.2, 0.25) is 11.7 Å². The summed E-state index contributed by atoms with van der Waals surface area (Å²) in [5, 5.41) is 4.01. The molecule has 0 amide bonds. The largest absolute Gasteiger partial charge is 0.485 e. The first-order valence-electron chi connectivity index (χ1n) is 7.55. The highest BCUT2D eigenvalue weighted by Crippen LogP contribution is 2.34. The Morgan fingerprint density at radius 2 is 1.90 bits per heavy atom. The fourth-order valence-electron chi connectivity index (χ4n) is 2.80. The van der Waals surface area contributed by atoms with Gasteiger partial charge < -0.3 is 15.0 Å². The lowest BCUT2D eigenvalue weighted by Crippen LogP contribution is -2.20. The number of hydrogen-bond donors (Lipinski definition) is 1. The van der Waals surface area contributed by atoms with Crippen molar-refractivity contribution in [3.05, 3.63) is 42.0 Å². The Kier molecular flexibility index (Phi) is 4.50. The Bertz CT molecular complexity index is 548. The van der Waals surface area contributed by atoms with Crippen molar-refractivity contribution < 1.29 is 9.26 Å². The minimum atomic E-state index is 0.339. The van der Waals surface area contributed by atoms with E-state index in [4.69, 9.17) is 15.0 Å². The molecule has 2 aromatic rings. The highest BCUT2D eigenvalue weighted by molar-refractivity contribution is 5.20. The van der Waals surface area contributed by atoms with Gasteiger partial charge in [-0.05, 0) is 50.3 Å². The zero-order valence-corrected chi connectivity index (χ0v) is 12.1. The molecule has 1 heterocycles. The maximum atomic E-state index is 5.72. The second-order valence-corrected chi connectivity index (χ2v) is 5.60. The molecule has 0 saturated heterocycles. The fraction of sp³-hybridized carbons (Fsp3) is 0.500. The van der Waals surface area contributed by atoms with Crippen molar-refractivity contribution in [2.75, 3.05) is 6.54 Å². The Balaban J connectivity index is 1.54. The number of rotatable bonds is 5. The van der Waals surface area contributed by atoms with Crippen LogP contribution in [0.5, 0.6) is 5.75 Å². The van der Waals surface area contributed by atoms with E-state index < -0.39 is 0 Å². The summed E-state index contributed by atoms with van der Waals surface area (Å²) in [5.74, 6) is 3.20. The summed E-state index contributed by atoms with van der Waals surface area (Å²) in [5.41, 5.74) is 5.72. The van der Waals surface area contributed by atoms with Crippen molar-refractivity contribution in [1.82, 2.24) is 10.1 Å². The van der Waals surface area contributed by atoms with Crippen LogP contribution < -0.4 is 10.5 Å². The summed E-state index contributed by atoms with van der Waals surface area (Å²) >= 11 is 0. The summed E-state index contributed by atoms with van der Waals surface area (Å²) in [4.78, 5) is 4.47. The molecule has 1 aromatic carbocycles. The number of ether oxygens (including phenoxy) is 1. The van der Waals surface area contributed by atoms with E-state index in [9.17, 15) is 0 Å². The van der Waals surface area contributed by atoms with Crippen LogP contribution in [-0.2, 0) is 6.61 Å². The topological polar surface area (TPSA) is 74.2 Å². The van der Waals surface area contributed by atoms with E-state index in [0.29, 0.717) is 24.3 Å². The van der Waals surface area contributed by atoms with Crippen LogP contribution in [0, 0.1) is 5.92 Å². The zero-order chi connectivity index (χ0) is 14.5. The third kappa shape index (κ3) is 3.61. The van der Waals surface area contributed by atoms with Crippen LogP contribution in [0.3, 0.4) is 0 Å². The van der Waals surface area contributed by atoms with Crippen molar-refractivity contribution in [3.8, 4) is 5.75 Å². The lowest BCUT2D eigenvalue weighted by Gasteiger charge is -2.24. The van der Waals surface area contributed by atoms with Crippen molar-refractivity contribution in [2.45, 2.75) is 38.2 Å². The molecular formula is C16H21N3O2. The van der Waals surface area contributed by atoms with Crippen molar-refractivity contribution in [3.63, 3.8) is 0 Å². The number of nitrogens with zero attached hydrogens (tertiary/aromatic N) is 2. The summed E-state index contributed by atoms with van der Waals surface area (Å²) in [7, 11) is 0. The molecule has 1 aliphatic carbocycles. The van der Waals surface area contributed by atoms with Crippen molar-refractivity contribution >= 4 is 0 Å². The van der Waals surface area contributed by atoms with Gasteiger partial charge in [0.15, 0.2) is 6.61 Å². The molecule has 2 N–H and O–H groups in total. The first kappa shape index (κ1) is 14.1. The molecule has 1 saturated carbocycles. The van der Waals surface area contributed by atoms with Gasteiger partial charge in [0.1, 0.15) is 5.75 Å². The molecule has 0 aliphatic heterocycles. The minimum absolute atomic E-state index is 0.339. The van der Waals surface area contributed by atoms with E-state index in [2.05, 4.69) is 10.1 Å². The second kappa shape index (κ2) is 6.72. The SMILES string of the molecule is NCC1CCC(c2nc(COc3ccccc3)no2)CC1. The van der Waals surface area contributed by atoms with E-state index in [1.54, 1.807) is 0 Å². The van der Waals surface area contributed by atoms with Gasteiger partial charge in [0.25, 0.3) is 0 Å². The summed E-state index contributed by atoms with van der Waals surface area (Å²) in [6.45, 7) is 1.12. The second-order valence-electron chi connectivity index (χ2n) is 5.60. The first-order valence-corrected chi connectivity index (χ1v) is 7.55. The van der Waals surface area contributed by atoms with Crippen LogP contribution in [0.25, 0.3) is 0 Å². The van der Waals surface area contributed by atoms with Crippen molar-refractivity contribution in [2.24, 2.45) is 11.7 Å². The molecule has 112 valence electrons. The Labute approximate surface area is 124 Å². The number of benzene rings is 1. The molecular weight excluding hydrogens is 266 g/mol. The van der Waals surface area contributed by atoms with Gasteiger partial charge in [-0.15, -0.1) is 0 Å². The minimum Gasteiger partial charge on any atom is -0.485 e. The van der Waals surface area contributed by atoms with Gasteiger partial charge in [-0.2, -0.15) is 4.98 Å². The van der Waals surface area contributed by atoms with E-state index in [1.807, 2.05) is 30.3 Å². The lowest BCUT2D eigenvalue weighted by atomic mass is 9.82. The Morgan fingerprint density at radius 1 is 1.14 bits per heavy atom. The molecule has 1 aromatic heterocycles. The third-order valence-electron chi connectivity index (χ3n) is 4.12. The number of hydrogen-bond acceptors (Lipinski definition) is 5. The molecule has 3 rings (SSSR count). The van der Waals surface area contributed by atoms with Gasteiger partial charge in [-0.25, -0.2) is 0 Å². The molecule has 0 spiro atoms. The number of nitrogens with two attached hydrogens (primary N) is 1. The first-order chi connectivity index (χ1) is 10.3. The van der Waals surface area contributed by atoms with E-state index in [-0.39, 0.29) is 0 Å². The molecule has 0 bridgehead atoms. The Hall–Kier alpha value is -1.88. The fourth-order valence-corrected chi connectivity index (χ4v) is 2.80. The van der Waals surface area contributed by atoms with Crippen LogP contribution in [0.4, 0.5) is 0 Å².